The van der Waals surface area contributed by atoms with E-state index in [4.69, 9.17) is 25.8 Å². The molecule has 2 heterocycles. The van der Waals surface area contributed by atoms with Crippen molar-refractivity contribution in [1.29, 1.82) is 0 Å². The second kappa shape index (κ2) is 10.2. The molecule has 1 aliphatic heterocycles. The van der Waals surface area contributed by atoms with Gasteiger partial charge in [0.25, 0.3) is 5.56 Å². The van der Waals surface area contributed by atoms with Crippen molar-refractivity contribution in [2.24, 2.45) is 0 Å². The molecule has 1 aromatic rings. The Bertz CT molecular complexity index is 856. The highest BCUT2D eigenvalue weighted by Gasteiger charge is 2.40. The molecule has 158 valence electrons. The molecule has 2 rings (SSSR count). The molecule has 28 heavy (non-hydrogen) atoms. The summed E-state index contributed by atoms with van der Waals surface area (Å²) in [5.41, 5.74) is -3.78. The monoisotopic (exact) mass is 452 g/mol. The minimum atomic E-state index is -3.04. The van der Waals surface area contributed by atoms with Crippen molar-refractivity contribution in [3.8, 4) is 0 Å². The molecule has 2 N–H and O–H groups in total. The number of H-pyrrole nitrogens is 1. The van der Waals surface area contributed by atoms with Gasteiger partial charge >= 0.3 is 11.7 Å². The average molecular weight is 452 g/mol. The summed E-state index contributed by atoms with van der Waals surface area (Å²) in [7, 11) is 0. The Morgan fingerprint density at radius 1 is 1.54 bits per heavy atom. The normalized spacial score (nSPS) is 24.1. The van der Waals surface area contributed by atoms with Gasteiger partial charge in [0.1, 0.15) is 18.4 Å². The number of nitrogens with one attached hydrogen (secondary N) is 1. The molecule has 0 aromatic carbocycles. The van der Waals surface area contributed by atoms with Gasteiger partial charge in [0.15, 0.2) is 0 Å². The van der Waals surface area contributed by atoms with Crippen LogP contribution in [0.25, 0.3) is 0 Å². The first-order chi connectivity index (χ1) is 13.1. The van der Waals surface area contributed by atoms with Gasteiger partial charge in [-0.15, -0.1) is 0 Å². The van der Waals surface area contributed by atoms with Crippen molar-refractivity contribution < 1.29 is 23.7 Å². The Morgan fingerprint density at radius 3 is 2.89 bits per heavy atom. The Labute approximate surface area is 171 Å². The molecule has 0 amide bonds. The van der Waals surface area contributed by atoms with Crippen LogP contribution >= 0.6 is 17.1 Å². The number of hydrogen-bond acceptors (Lipinski definition) is 8. The fourth-order valence-electron chi connectivity index (χ4n) is 2.69. The third-order valence-corrected chi connectivity index (χ3v) is 8.49. The third-order valence-electron chi connectivity index (χ3n) is 4.11. The molecular formula is C16H25N2O7PS2. The second-order valence-corrected chi connectivity index (χ2v) is 12.7. The number of nitrogens with zero attached hydrogens (tertiary/aromatic N) is 1. The number of esters is 1. The maximum atomic E-state index is 12.1. The molecule has 1 aromatic heterocycles. The topological polar surface area (TPSA) is 120 Å². The number of aromatic amines is 1. The molecule has 1 fully saturated rings. The zero-order valence-electron chi connectivity index (χ0n) is 16.0. The fraction of sp³-hybridized carbons (Fsp3) is 0.688. The number of carbonyl (C=O) groups excluding carboxylic acids is 1. The maximum Gasteiger partial charge on any atom is 0.330 e. The van der Waals surface area contributed by atoms with Crippen LogP contribution in [-0.2, 0) is 30.6 Å². The molecule has 1 unspecified atom stereocenters. The Balaban J connectivity index is 2.11. The molecule has 0 bridgehead atoms. The quantitative estimate of drug-likeness (QED) is 0.328. The van der Waals surface area contributed by atoms with Crippen LogP contribution < -0.4 is 11.2 Å². The first-order valence-electron chi connectivity index (χ1n) is 8.89. The number of carbonyl (C=O) groups is 1. The largest absolute Gasteiger partial charge is 0.460 e. The Morgan fingerprint density at radius 2 is 2.25 bits per heavy atom. The van der Waals surface area contributed by atoms with Gasteiger partial charge < -0.3 is 18.9 Å². The molecule has 0 radical (unpaired) electrons. The lowest BCUT2D eigenvalue weighted by molar-refractivity contribution is -0.150. The van der Waals surface area contributed by atoms with Gasteiger partial charge in [0, 0.05) is 30.9 Å². The van der Waals surface area contributed by atoms with Crippen molar-refractivity contribution in [3.63, 3.8) is 0 Å². The van der Waals surface area contributed by atoms with E-state index in [2.05, 4.69) is 4.98 Å². The summed E-state index contributed by atoms with van der Waals surface area (Å²) in [5.74, 6) is 0.197. The standard InChI is InChI=1S/C16H25N2O7PS2/c1-4-5-6-28-26(22,27)23-9-13-12(24-11(3)19)7-14(25-13)18-8-10(2)15(20)17-16(18)21/h8,12-14H,4-7,9H2,1-3H3,(H,22,27)(H,17,20,21)/t12-,13+,14+,26?/m0/s1. The van der Waals surface area contributed by atoms with E-state index in [9.17, 15) is 19.3 Å². The van der Waals surface area contributed by atoms with E-state index in [1.807, 2.05) is 6.92 Å². The number of unbranched alkanes of at least 4 members (excludes halogenated alkanes) is 1. The highest BCUT2D eigenvalue weighted by molar-refractivity contribution is 8.67. The van der Waals surface area contributed by atoms with Gasteiger partial charge in [-0.25, -0.2) is 4.79 Å². The molecule has 1 aliphatic rings. The SMILES string of the molecule is CCCCSP(O)(=S)OC[C@H]1O[C@@H](n2cc(C)c(=O)[nH]c2=O)C[C@@H]1OC(C)=O. The van der Waals surface area contributed by atoms with E-state index in [0.717, 1.165) is 12.8 Å². The zero-order valence-corrected chi connectivity index (χ0v) is 18.5. The van der Waals surface area contributed by atoms with Crippen LogP contribution in [0, 0.1) is 6.92 Å². The minimum absolute atomic E-state index is 0.0710. The van der Waals surface area contributed by atoms with E-state index < -0.39 is 41.3 Å². The van der Waals surface area contributed by atoms with Gasteiger partial charge in [-0.1, -0.05) is 24.7 Å². The Kier molecular flexibility index (Phi) is 8.47. The summed E-state index contributed by atoms with van der Waals surface area (Å²) in [5, 5.41) is 0. The minimum Gasteiger partial charge on any atom is -0.460 e. The molecule has 4 atom stereocenters. The van der Waals surface area contributed by atoms with E-state index >= 15 is 0 Å². The number of aryl methyl sites for hydroxylation is 1. The van der Waals surface area contributed by atoms with E-state index in [1.54, 1.807) is 6.92 Å². The summed E-state index contributed by atoms with van der Waals surface area (Å²) >= 11 is 6.35. The van der Waals surface area contributed by atoms with Crippen molar-refractivity contribution >= 4 is 34.9 Å². The molecule has 1 saturated heterocycles. The van der Waals surface area contributed by atoms with Gasteiger partial charge in [0.2, 0.25) is 5.69 Å². The Hall–Kier alpha value is -0.970. The molecule has 12 heteroatoms. The van der Waals surface area contributed by atoms with Crippen molar-refractivity contribution in [2.75, 3.05) is 12.4 Å². The number of aromatic nitrogens is 2. The van der Waals surface area contributed by atoms with Gasteiger partial charge in [-0.05, 0) is 25.2 Å². The zero-order chi connectivity index (χ0) is 20.9. The summed E-state index contributed by atoms with van der Waals surface area (Å²) in [4.78, 5) is 47.6. The van der Waals surface area contributed by atoms with Crippen molar-refractivity contribution in [3.05, 3.63) is 32.6 Å². The van der Waals surface area contributed by atoms with Crippen LogP contribution in [0.1, 0.15) is 44.9 Å². The van der Waals surface area contributed by atoms with Gasteiger partial charge in [-0.3, -0.25) is 19.1 Å². The smallest absolute Gasteiger partial charge is 0.330 e. The second-order valence-electron chi connectivity index (χ2n) is 6.44. The average Bonchev–Trinajstić information content (AvgIpc) is 2.98. The summed E-state index contributed by atoms with van der Waals surface area (Å²) in [6, 6.07) is 0. The molecule has 0 aliphatic carbocycles. The van der Waals surface area contributed by atoms with Crippen molar-refractivity contribution in [1.82, 2.24) is 9.55 Å². The summed E-state index contributed by atoms with van der Waals surface area (Å²) in [6.07, 6.45) is 1.39. The molecular weight excluding hydrogens is 427 g/mol. The highest BCUT2D eigenvalue weighted by Crippen LogP contribution is 2.56. The van der Waals surface area contributed by atoms with E-state index in [-0.39, 0.29) is 13.0 Å². The van der Waals surface area contributed by atoms with Crippen LogP contribution in [0.3, 0.4) is 0 Å². The van der Waals surface area contributed by atoms with Crippen LogP contribution in [0.15, 0.2) is 15.8 Å². The predicted octanol–water partition coefficient (Wildman–Crippen LogP) is 1.83. The fourth-order valence-corrected chi connectivity index (χ4v) is 6.08. The third kappa shape index (κ3) is 6.53. The van der Waals surface area contributed by atoms with Crippen LogP contribution in [0.2, 0.25) is 0 Å². The highest BCUT2D eigenvalue weighted by atomic mass is 32.9. The van der Waals surface area contributed by atoms with Gasteiger partial charge in [-0.2, -0.15) is 0 Å². The molecule has 9 nitrogen and oxygen atoms in total. The van der Waals surface area contributed by atoms with E-state index in [1.165, 1.54) is 29.1 Å². The molecule has 0 saturated carbocycles. The van der Waals surface area contributed by atoms with Crippen molar-refractivity contribution in [2.45, 2.75) is 58.5 Å². The lowest BCUT2D eigenvalue weighted by Gasteiger charge is -2.21. The summed E-state index contributed by atoms with van der Waals surface area (Å²) in [6.45, 7) is 4.82. The lowest BCUT2D eigenvalue weighted by Crippen LogP contribution is -2.33. The maximum absolute atomic E-state index is 12.1. The van der Waals surface area contributed by atoms with E-state index in [0.29, 0.717) is 11.3 Å². The number of ether oxygens (including phenoxy) is 2. The number of rotatable bonds is 9. The first kappa shape index (κ1) is 23.3. The lowest BCUT2D eigenvalue weighted by atomic mass is 10.2. The molecule has 0 spiro atoms. The summed E-state index contributed by atoms with van der Waals surface area (Å²) < 4.78 is 17.9. The number of hydrogen-bond donors (Lipinski definition) is 2. The van der Waals surface area contributed by atoms with Crippen LogP contribution in [0.4, 0.5) is 0 Å². The first-order valence-corrected chi connectivity index (χ1v) is 13.2. The predicted molar refractivity (Wildman–Crippen MR) is 110 cm³/mol. The van der Waals surface area contributed by atoms with Crippen LogP contribution in [0.5, 0.6) is 0 Å². The van der Waals surface area contributed by atoms with Gasteiger partial charge in [0.05, 0.1) is 6.61 Å². The van der Waals surface area contributed by atoms with Crippen LogP contribution in [-0.4, -0.2) is 45.0 Å².